The number of rotatable bonds is 14. The lowest BCUT2D eigenvalue weighted by molar-refractivity contribution is -0.384. The van der Waals surface area contributed by atoms with Crippen LogP contribution in [0.25, 0.3) is 11.2 Å². The van der Waals surface area contributed by atoms with Crippen LogP contribution in [-0.2, 0) is 58.8 Å². The first-order valence-corrected chi connectivity index (χ1v) is 17.3. The number of carbonyl (C=O) groups is 5. The number of terminal acetylenes is 1. The van der Waals surface area contributed by atoms with Gasteiger partial charge in [0.1, 0.15) is 11.7 Å². The number of non-ortho nitro benzene ring substituents is 1. The number of anilines is 1. The molecule has 2 aromatic heterocycles. The van der Waals surface area contributed by atoms with E-state index in [0.717, 1.165) is 26.0 Å². The zero-order valence-electron chi connectivity index (χ0n) is 31.4. The topological polar surface area (TPSA) is 249 Å². The second-order valence-electron chi connectivity index (χ2n) is 13.0. The molecular formula is C35H39ClN6O14. The van der Waals surface area contributed by atoms with Gasteiger partial charge < -0.3 is 33.2 Å². The van der Waals surface area contributed by atoms with E-state index in [1.807, 2.05) is 0 Å². The van der Waals surface area contributed by atoms with Crippen molar-refractivity contribution in [2.75, 3.05) is 25.1 Å². The molecule has 0 saturated carbocycles. The third-order valence-electron chi connectivity index (χ3n) is 7.87. The number of hydrogen-bond donors (Lipinski definition) is 1. The molecule has 56 heavy (non-hydrogen) atoms. The molecule has 1 N–H and O–H groups in total. The average molecular weight is 803 g/mol. The highest BCUT2D eigenvalue weighted by molar-refractivity contribution is 6.28. The number of halogens is 1. The van der Waals surface area contributed by atoms with E-state index in [9.17, 15) is 34.1 Å². The lowest BCUT2D eigenvalue weighted by atomic mass is 9.91. The van der Waals surface area contributed by atoms with Gasteiger partial charge in [-0.2, -0.15) is 9.97 Å². The van der Waals surface area contributed by atoms with E-state index in [2.05, 4.69) is 26.2 Å². The van der Waals surface area contributed by atoms with Crippen LogP contribution in [0.2, 0.25) is 5.28 Å². The Morgan fingerprint density at radius 1 is 1.05 bits per heavy atom. The molecule has 1 saturated heterocycles. The van der Waals surface area contributed by atoms with Gasteiger partial charge in [0.2, 0.25) is 17.0 Å². The van der Waals surface area contributed by atoms with E-state index >= 15 is 0 Å². The molecule has 1 aliphatic heterocycles. The Bertz CT molecular complexity index is 2020. The first-order valence-electron chi connectivity index (χ1n) is 16.9. The van der Waals surface area contributed by atoms with Gasteiger partial charge in [0.15, 0.2) is 23.2 Å². The number of nitro groups is 1. The molecule has 3 heterocycles. The van der Waals surface area contributed by atoms with Crippen LogP contribution in [0.3, 0.4) is 0 Å². The van der Waals surface area contributed by atoms with Gasteiger partial charge in [-0.05, 0) is 51.8 Å². The second-order valence-corrected chi connectivity index (χ2v) is 13.4. The van der Waals surface area contributed by atoms with Crippen LogP contribution in [0.4, 0.5) is 16.3 Å². The van der Waals surface area contributed by atoms with Crippen LogP contribution >= 0.6 is 11.6 Å². The predicted molar refractivity (Wildman–Crippen MR) is 192 cm³/mol. The highest BCUT2D eigenvalue weighted by Crippen LogP contribution is 2.44. The van der Waals surface area contributed by atoms with Crippen molar-refractivity contribution in [3.05, 3.63) is 51.6 Å². The standard InChI is InChI=1S/C35H39ClN6O14/c1-9-34(55-20(5)44)23(17-52-35(29(45)50-10-2,30(46)51-11-3)16-21-12-14-22(15-13-21)42(48)49)54-28(25(34)53-19(4)43)41-18-37-24-26(38-31(36)40-27(24)41)39-32(47)56-33(6,7)8/h1,12-15,18,23,25,28H,10-11,16-17H2,2-8H3,(H,38,39,40,47)/t23-,25+,28-,34-/m1/s1. The number of ether oxygens (including phenoxy) is 7. The van der Waals surface area contributed by atoms with Crippen molar-refractivity contribution >= 4 is 64.2 Å². The molecule has 3 aromatic rings. The average Bonchev–Trinajstić information content (AvgIpc) is 3.64. The van der Waals surface area contributed by atoms with E-state index < -0.39 is 83.2 Å². The van der Waals surface area contributed by atoms with Gasteiger partial charge in [0, 0.05) is 32.4 Å². The largest absolute Gasteiger partial charge is 0.463 e. The van der Waals surface area contributed by atoms with Crippen molar-refractivity contribution in [2.45, 2.75) is 90.1 Å². The molecule has 300 valence electrons. The van der Waals surface area contributed by atoms with Gasteiger partial charge in [-0.25, -0.2) is 19.4 Å². The highest BCUT2D eigenvalue weighted by Gasteiger charge is 2.63. The van der Waals surface area contributed by atoms with Crippen molar-refractivity contribution in [3.63, 3.8) is 0 Å². The number of esters is 4. The normalized spacial score (nSPS) is 19.4. The Hall–Kier alpha value is -5.91. The van der Waals surface area contributed by atoms with Crippen LogP contribution in [0.5, 0.6) is 0 Å². The van der Waals surface area contributed by atoms with Crippen molar-refractivity contribution in [1.82, 2.24) is 19.5 Å². The van der Waals surface area contributed by atoms with Gasteiger partial charge in [-0.3, -0.25) is 29.6 Å². The summed E-state index contributed by atoms with van der Waals surface area (Å²) < 4.78 is 40.8. The maximum Gasteiger partial charge on any atom is 0.413 e. The van der Waals surface area contributed by atoms with Gasteiger partial charge >= 0.3 is 30.0 Å². The number of nitrogens with zero attached hydrogens (tertiary/aromatic N) is 5. The fourth-order valence-electron chi connectivity index (χ4n) is 5.70. The summed E-state index contributed by atoms with van der Waals surface area (Å²) in [6.07, 6.45) is 0.901. The second kappa shape index (κ2) is 17.3. The van der Waals surface area contributed by atoms with Crippen LogP contribution in [0.1, 0.15) is 60.3 Å². The highest BCUT2D eigenvalue weighted by atomic mass is 35.5. The third kappa shape index (κ3) is 9.30. The quantitative estimate of drug-likeness (QED) is 0.0465. The SMILES string of the molecule is C#C[C@@]1(OC(C)=O)[C@@H](COC(Cc2ccc([N+](=O)[O-])cc2)(C(=O)OCC)C(=O)OCC)O[C@@H](n2cnc3c(NC(=O)OC(C)(C)C)nc(Cl)nc32)[C@@H]1OC(C)=O. The third-order valence-corrected chi connectivity index (χ3v) is 8.04. The molecule has 20 nitrogen and oxygen atoms in total. The van der Waals surface area contributed by atoms with Gasteiger partial charge in [0.25, 0.3) is 11.3 Å². The molecular weight excluding hydrogens is 764 g/mol. The van der Waals surface area contributed by atoms with Crippen LogP contribution in [-0.4, -0.2) is 103 Å². The first kappa shape index (κ1) is 42.8. The van der Waals surface area contributed by atoms with E-state index in [-0.39, 0.29) is 46.7 Å². The summed E-state index contributed by atoms with van der Waals surface area (Å²) in [5.74, 6) is -2.06. The molecule has 1 aromatic carbocycles. The Labute approximate surface area is 324 Å². The van der Waals surface area contributed by atoms with E-state index in [4.69, 9.17) is 51.2 Å². The molecule has 1 amide bonds. The minimum absolute atomic E-state index is 0.0318. The van der Waals surface area contributed by atoms with Crippen LogP contribution in [0, 0.1) is 22.5 Å². The lowest BCUT2D eigenvalue weighted by Crippen LogP contribution is -2.57. The Kier molecular flexibility index (Phi) is 13.2. The molecule has 0 radical (unpaired) electrons. The van der Waals surface area contributed by atoms with Crippen molar-refractivity contribution in [1.29, 1.82) is 0 Å². The van der Waals surface area contributed by atoms with Crippen molar-refractivity contribution in [3.8, 4) is 12.3 Å². The summed E-state index contributed by atoms with van der Waals surface area (Å²) in [6.45, 7) is 8.76. The molecule has 0 unspecified atom stereocenters. The molecule has 4 rings (SSSR count). The molecule has 0 spiro atoms. The molecule has 1 aliphatic rings. The zero-order valence-corrected chi connectivity index (χ0v) is 32.1. The number of aromatic nitrogens is 4. The number of fused-ring (bicyclic) bond motifs is 1. The number of carbonyl (C=O) groups excluding carboxylic acids is 5. The summed E-state index contributed by atoms with van der Waals surface area (Å²) in [4.78, 5) is 88.6. The van der Waals surface area contributed by atoms with Crippen molar-refractivity contribution < 1.29 is 62.1 Å². The van der Waals surface area contributed by atoms with E-state index in [1.165, 1.54) is 36.9 Å². The summed E-state index contributed by atoms with van der Waals surface area (Å²) in [5, 5.41) is 13.4. The lowest BCUT2D eigenvalue weighted by Gasteiger charge is -2.34. The fourth-order valence-corrected chi connectivity index (χ4v) is 5.86. The zero-order chi connectivity index (χ0) is 41.6. The molecule has 0 aliphatic carbocycles. The van der Waals surface area contributed by atoms with E-state index in [1.54, 1.807) is 20.8 Å². The summed E-state index contributed by atoms with van der Waals surface area (Å²) in [6, 6.07) is 4.94. The number of nitro benzene ring substituents is 1. The Morgan fingerprint density at radius 2 is 1.68 bits per heavy atom. The fraction of sp³-hybridized carbons (Fsp3) is 0.486. The van der Waals surface area contributed by atoms with Crippen LogP contribution in [0.15, 0.2) is 30.6 Å². The smallest absolute Gasteiger partial charge is 0.413 e. The Balaban J connectivity index is 1.85. The summed E-state index contributed by atoms with van der Waals surface area (Å²) in [7, 11) is 0. The van der Waals surface area contributed by atoms with Gasteiger partial charge in [-0.15, -0.1) is 6.42 Å². The molecule has 4 atom stereocenters. The molecule has 0 bridgehead atoms. The number of nitrogens with one attached hydrogen (secondary N) is 1. The minimum Gasteiger partial charge on any atom is -0.463 e. The maximum absolute atomic E-state index is 13.7. The number of benzene rings is 1. The summed E-state index contributed by atoms with van der Waals surface area (Å²) in [5.41, 5.74) is -5.94. The first-order chi connectivity index (χ1) is 26.3. The minimum atomic E-state index is -2.58. The van der Waals surface area contributed by atoms with Crippen LogP contribution < -0.4 is 5.32 Å². The number of hydrogen-bond acceptors (Lipinski definition) is 17. The molecule has 21 heteroatoms. The number of amides is 1. The maximum atomic E-state index is 13.7. The Morgan fingerprint density at radius 3 is 2.20 bits per heavy atom. The predicted octanol–water partition coefficient (Wildman–Crippen LogP) is 3.62. The monoisotopic (exact) mass is 802 g/mol. The summed E-state index contributed by atoms with van der Waals surface area (Å²) >= 11 is 6.25. The molecule has 1 fully saturated rings. The van der Waals surface area contributed by atoms with Crippen molar-refractivity contribution in [2.24, 2.45) is 0 Å². The van der Waals surface area contributed by atoms with E-state index in [0.29, 0.717) is 0 Å². The number of imidazole rings is 1. The van der Waals surface area contributed by atoms with Gasteiger partial charge in [-0.1, -0.05) is 18.1 Å². The van der Waals surface area contributed by atoms with Gasteiger partial charge in [0.05, 0.1) is 31.1 Å².